The van der Waals surface area contributed by atoms with Crippen molar-refractivity contribution in [3.05, 3.63) is 47.8 Å². The fourth-order valence-electron chi connectivity index (χ4n) is 4.29. The molecule has 2 aliphatic rings. The highest BCUT2D eigenvalue weighted by molar-refractivity contribution is 5.86. The molecule has 0 aromatic carbocycles. The molecule has 7 nitrogen and oxygen atoms in total. The van der Waals surface area contributed by atoms with Crippen LogP contribution in [0, 0.1) is 0 Å². The molecular weight excluding hydrogens is 364 g/mol. The van der Waals surface area contributed by atoms with Gasteiger partial charge in [0.1, 0.15) is 0 Å². The number of nitrogens with one attached hydrogen (secondary N) is 3. The normalized spacial score (nSPS) is 19.4. The molecule has 0 radical (unpaired) electrons. The van der Waals surface area contributed by atoms with Gasteiger partial charge in [0, 0.05) is 43.3 Å². The van der Waals surface area contributed by atoms with E-state index in [2.05, 4.69) is 36.6 Å². The van der Waals surface area contributed by atoms with Gasteiger partial charge >= 0.3 is 0 Å². The highest BCUT2D eigenvalue weighted by Crippen LogP contribution is 2.28. The molecule has 0 fully saturated rings. The minimum atomic E-state index is -0.322. The van der Waals surface area contributed by atoms with Crippen molar-refractivity contribution in [2.45, 2.75) is 63.5 Å². The highest BCUT2D eigenvalue weighted by atomic mass is 16.2. The van der Waals surface area contributed by atoms with E-state index >= 15 is 0 Å². The number of rotatable bonds is 9. The molecule has 154 valence electrons. The number of hydrogen-bond donors (Lipinski definition) is 3. The number of fused-ring (bicyclic) bond motifs is 1. The van der Waals surface area contributed by atoms with Crippen molar-refractivity contribution < 1.29 is 4.79 Å². The summed E-state index contributed by atoms with van der Waals surface area (Å²) in [4.78, 5) is 29.3. The molecular formula is C22H30N6O. The number of carbonyl (C=O) groups is 1. The molecule has 0 saturated carbocycles. The van der Waals surface area contributed by atoms with E-state index in [1.54, 1.807) is 12.5 Å². The van der Waals surface area contributed by atoms with Crippen molar-refractivity contribution in [3.8, 4) is 0 Å². The van der Waals surface area contributed by atoms with Crippen LogP contribution in [-0.4, -0.2) is 45.7 Å². The van der Waals surface area contributed by atoms with Crippen molar-refractivity contribution in [2.24, 2.45) is 4.99 Å². The number of aromatic amines is 1. The number of aromatic nitrogens is 3. The Bertz CT molecular complexity index is 832. The first kappa shape index (κ1) is 19.8. The van der Waals surface area contributed by atoms with Crippen LogP contribution < -0.4 is 10.6 Å². The zero-order chi connectivity index (χ0) is 19.9. The van der Waals surface area contributed by atoms with E-state index in [9.17, 15) is 4.79 Å². The molecule has 2 atom stereocenters. The van der Waals surface area contributed by atoms with Crippen molar-refractivity contribution in [1.82, 2.24) is 25.6 Å². The van der Waals surface area contributed by atoms with Crippen LogP contribution in [0.5, 0.6) is 0 Å². The van der Waals surface area contributed by atoms with Crippen LogP contribution in [0.25, 0.3) is 0 Å². The molecule has 0 spiro atoms. The maximum absolute atomic E-state index is 13.0. The summed E-state index contributed by atoms with van der Waals surface area (Å²) in [6.07, 6.45) is 13.2. The standard InChI is InChI=1S/C22H30N6O/c29-22(26-12-4-8-17-7-3-10-24-17)20(13-18-14-23-15-27-18)28-19-9-1-5-16-6-2-11-25-21(16)19/h2,6,11,14-15,19-20,28H,1,3-5,7-10,12-13H2,(H,23,27)(H,26,29). The van der Waals surface area contributed by atoms with E-state index in [0.29, 0.717) is 13.0 Å². The second-order valence-corrected chi connectivity index (χ2v) is 7.94. The summed E-state index contributed by atoms with van der Waals surface area (Å²) in [5, 5.41) is 6.71. The minimum Gasteiger partial charge on any atom is -0.355 e. The predicted molar refractivity (Wildman–Crippen MR) is 113 cm³/mol. The van der Waals surface area contributed by atoms with Crippen LogP contribution in [0.2, 0.25) is 0 Å². The lowest BCUT2D eigenvalue weighted by Gasteiger charge is -2.29. The Balaban J connectivity index is 1.37. The number of pyridine rings is 1. The molecule has 2 unspecified atom stereocenters. The van der Waals surface area contributed by atoms with Crippen LogP contribution in [-0.2, 0) is 17.6 Å². The first-order valence-corrected chi connectivity index (χ1v) is 10.8. The zero-order valence-electron chi connectivity index (χ0n) is 16.9. The zero-order valence-corrected chi connectivity index (χ0v) is 16.9. The molecule has 0 bridgehead atoms. The summed E-state index contributed by atoms with van der Waals surface area (Å²) >= 11 is 0. The third-order valence-corrected chi connectivity index (χ3v) is 5.79. The molecule has 3 N–H and O–H groups in total. The first-order chi connectivity index (χ1) is 14.3. The molecule has 29 heavy (non-hydrogen) atoms. The lowest BCUT2D eigenvalue weighted by atomic mass is 9.91. The van der Waals surface area contributed by atoms with E-state index in [-0.39, 0.29) is 18.0 Å². The number of imidazole rings is 1. The van der Waals surface area contributed by atoms with E-state index in [4.69, 9.17) is 0 Å². The van der Waals surface area contributed by atoms with Gasteiger partial charge in [-0.3, -0.25) is 20.1 Å². The fourth-order valence-corrected chi connectivity index (χ4v) is 4.29. The van der Waals surface area contributed by atoms with Gasteiger partial charge in [0.2, 0.25) is 5.91 Å². The molecule has 2 aromatic rings. The molecule has 4 rings (SSSR count). The Morgan fingerprint density at radius 3 is 3.10 bits per heavy atom. The average molecular weight is 395 g/mol. The largest absolute Gasteiger partial charge is 0.355 e. The summed E-state index contributed by atoms with van der Waals surface area (Å²) in [6.45, 7) is 1.65. The Labute approximate surface area is 171 Å². The second kappa shape index (κ2) is 9.78. The number of hydrogen-bond acceptors (Lipinski definition) is 5. The van der Waals surface area contributed by atoms with Gasteiger partial charge in [-0.15, -0.1) is 0 Å². The number of carbonyl (C=O) groups excluding carboxylic acids is 1. The van der Waals surface area contributed by atoms with Crippen LogP contribution in [0.4, 0.5) is 0 Å². The molecule has 1 aliphatic carbocycles. The topological polar surface area (TPSA) is 95.1 Å². The van der Waals surface area contributed by atoms with Crippen LogP contribution in [0.1, 0.15) is 61.5 Å². The molecule has 1 amide bonds. The molecule has 3 heterocycles. The minimum absolute atomic E-state index is 0.0380. The number of H-pyrrole nitrogens is 1. The van der Waals surface area contributed by atoms with Gasteiger partial charge < -0.3 is 10.3 Å². The van der Waals surface area contributed by atoms with Crippen LogP contribution >= 0.6 is 0 Å². The Morgan fingerprint density at radius 1 is 1.31 bits per heavy atom. The smallest absolute Gasteiger partial charge is 0.237 e. The van der Waals surface area contributed by atoms with Gasteiger partial charge in [0.25, 0.3) is 0 Å². The molecule has 2 aromatic heterocycles. The van der Waals surface area contributed by atoms with Gasteiger partial charge in [-0.05, 0) is 56.6 Å². The van der Waals surface area contributed by atoms with Crippen molar-refractivity contribution in [2.75, 3.05) is 13.1 Å². The number of aryl methyl sites for hydroxylation is 1. The van der Waals surface area contributed by atoms with Gasteiger partial charge in [-0.1, -0.05) is 6.07 Å². The van der Waals surface area contributed by atoms with Crippen LogP contribution in [0.15, 0.2) is 35.8 Å². The fraction of sp³-hybridized carbons (Fsp3) is 0.545. The first-order valence-electron chi connectivity index (χ1n) is 10.8. The summed E-state index contributed by atoms with van der Waals surface area (Å²) in [6, 6.07) is 3.92. The van der Waals surface area contributed by atoms with E-state index in [0.717, 1.165) is 56.5 Å². The number of nitrogens with zero attached hydrogens (tertiary/aromatic N) is 3. The Kier molecular flexibility index (Phi) is 6.67. The predicted octanol–water partition coefficient (Wildman–Crippen LogP) is 2.51. The maximum Gasteiger partial charge on any atom is 0.237 e. The van der Waals surface area contributed by atoms with Crippen molar-refractivity contribution in [3.63, 3.8) is 0 Å². The summed E-state index contributed by atoms with van der Waals surface area (Å²) in [5.41, 5.74) is 4.63. The monoisotopic (exact) mass is 394 g/mol. The van der Waals surface area contributed by atoms with Crippen molar-refractivity contribution in [1.29, 1.82) is 0 Å². The lowest BCUT2D eigenvalue weighted by molar-refractivity contribution is -0.123. The summed E-state index contributed by atoms with van der Waals surface area (Å²) in [7, 11) is 0. The van der Waals surface area contributed by atoms with E-state index in [1.165, 1.54) is 17.7 Å². The SMILES string of the molecule is O=C(NCCCC1=NCCC1)C(Cc1cnc[nH]1)NC1CCCc2cccnc21. The van der Waals surface area contributed by atoms with Crippen molar-refractivity contribution >= 4 is 11.6 Å². The molecule has 0 saturated heterocycles. The maximum atomic E-state index is 13.0. The highest BCUT2D eigenvalue weighted by Gasteiger charge is 2.27. The second-order valence-electron chi connectivity index (χ2n) is 7.94. The quantitative estimate of drug-likeness (QED) is 0.570. The van der Waals surface area contributed by atoms with Gasteiger partial charge in [0.15, 0.2) is 0 Å². The summed E-state index contributed by atoms with van der Waals surface area (Å²) in [5.74, 6) is 0.0380. The van der Waals surface area contributed by atoms with Gasteiger partial charge in [-0.2, -0.15) is 0 Å². The van der Waals surface area contributed by atoms with E-state index in [1.807, 2.05) is 12.3 Å². The van der Waals surface area contributed by atoms with Gasteiger partial charge in [-0.25, -0.2) is 4.98 Å². The average Bonchev–Trinajstić information content (AvgIpc) is 3.45. The van der Waals surface area contributed by atoms with E-state index < -0.39 is 0 Å². The van der Waals surface area contributed by atoms with Gasteiger partial charge in [0.05, 0.1) is 24.1 Å². The number of aliphatic imine (C=N–C) groups is 1. The lowest BCUT2D eigenvalue weighted by Crippen LogP contribution is -2.48. The molecule has 1 aliphatic heterocycles. The Hall–Kier alpha value is -2.54. The third kappa shape index (κ3) is 5.29. The third-order valence-electron chi connectivity index (χ3n) is 5.79. The Morgan fingerprint density at radius 2 is 2.28 bits per heavy atom. The summed E-state index contributed by atoms with van der Waals surface area (Å²) < 4.78 is 0. The van der Waals surface area contributed by atoms with Crippen LogP contribution in [0.3, 0.4) is 0 Å². The molecule has 7 heteroatoms. The number of amides is 1.